The van der Waals surface area contributed by atoms with Gasteiger partial charge in [0.05, 0.1) is 5.69 Å². The van der Waals surface area contributed by atoms with Gasteiger partial charge in [0.25, 0.3) is 0 Å². The second-order valence-electron chi connectivity index (χ2n) is 5.75. The molecule has 0 fully saturated rings. The first-order valence-electron chi connectivity index (χ1n) is 8.47. The first-order valence-corrected chi connectivity index (χ1v) is 9.46. The Morgan fingerprint density at radius 1 is 0.923 bits per heavy atom. The number of rotatable bonds is 6. The van der Waals surface area contributed by atoms with Crippen LogP contribution in [0, 0.1) is 0 Å². The molecule has 0 aliphatic rings. The van der Waals surface area contributed by atoms with E-state index in [0.717, 1.165) is 40.1 Å². The normalized spacial score (nSPS) is 11.0. The molecule has 2 heterocycles. The van der Waals surface area contributed by atoms with Crippen LogP contribution in [0.15, 0.2) is 76.4 Å². The molecule has 0 N–H and O–H groups in total. The lowest BCUT2D eigenvalue weighted by Gasteiger charge is -2.06. The first kappa shape index (κ1) is 16.6. The molecule has 0 atom stereocenters. The van der Waals surface area contributed by atoms with Crippen LogP contribution in [-0.4, -0.2) is 19.9 Å². The summed E-state index contributed by atoms with van der Waals surface area (Å²) in [6, 6.07) is 22.1. The lowest BCUT2D eigenvalue weighted by atomic mass is 10.2. The average Bonchev–Trinajstić information content (AvgIpc) is 3.34. The second-order valence-corrected chi connectivity index (χ2v) is 6.70. The molecule has 0 aliphatic carbocycles. The molecule has 26 heavy (non-hydrogen) atoms. The van der Waals surface area contributed by atoms with E-state index < -0.39 is 0 Å². The molecule has 0 bridgehead atoms. The smallest absolute Gasteiger partial charge is 0.191 e. The number of thioether (sulfide) groups is 1. The molecular weight excluding hydrogens is 344 g/mol. The highest BCUT2D eigenvalue weighted by Crippen LogP contribution is 2.27. The number of aromatic nitrogens is 4. The third-order valence-electron chi connectivity index (χ3n) is 4.03. The molecule has 6 heteroatoms. The van der Waals surface area contributed by atoms with Crippen LogP contribution in [0.3, 0.4) is 0 Å². The van der Waals surface area contributed by atoms with Crippen molar-refractivity contribution >= 4 is 11.8 Å². The van der Waals surface area contributed by atoms with Gasteiger partial charge in [-0.3, -0.25) is 0 Å². The quantitative estimate of drug-likeness (QED) is 0.456. The zero-order valence-corrected chi connectivity index (χ0v) is 15.2. The molecule has 0 spiro atoms. The maximum Gasteiger partial charge on any atom is 0.191 e. The van der Waals surface area contributed by atoms with E-state index in [1.54, 1.807) is 11.8 Å². The molecule has 130 valence electrons. The third kappa shape index (κ3) is 3.41. The summed E-state index contributed by atoms with van der Waals surface area (Å²) in [4.78, 5) is 0. The molecule has 4 rings (SSSR count). The lowest BCUT2D eigenvalue weighted by molar-refractivity contribution is 0.426. The molecule has 0 radical (unpaired) electrons. The fourth-order valence-corrected chi connectivity index (χ4v) is 3.62. The van der Waals surface area contributed by atoms with Gasteiger partial charge in [0, 0.05) is 29.5 Å². The van der Waals surface area contributed by atoms with E-state index in [2.05, 4.69) is 26.8 Å². The Hall–Kier alpha value is -2.86. The topological polar surface area (TPSA) is 56.7 Å². The maximum absolute atomic E-state index is 5.46. The van der Waals surface area contributed by atoms with Gasteiger partial charge < -0.3 is 9.09 Å². The molecule has 5 nitrogen and oxygen atoms in total. The Kier molecular flexibility index (Phi) is 4.84. The maximum atomic E-state index is 5.46. The van der Waals surface area contributed by atoms with Gasteiger partial charge in [0.1, 0.15) is 0 Å². The van der Waals surface area contributed by atoms with Crippen LogP contribution in [0.25, 0.3) is 22.7 Å². The van der Waals surface area contributed by atoms with E-state index in [1.807, 2.05) is 66.7 Å². The molecule has 0 unspecified atom stereocenters. The van der Waals surface area contributed by atoms with Crippen LogP contribution in [0.2, 0.25) is 0 Å². The highest BCUT2D eigenvalue weighted by molar-refractivity contribution is 7.98. The summed E-state index contributed by atoms with van der Waals surface area (Å²) in [6.07, 6.45) is 0. The van der Waals surface area contributed by atoms with Crippen LogP contribution in [0.1, 0.15) is 12.6 Å². The monoisotopic (exact) mass is 362 g/mol. The van der Waals surface area contributed by atoms with Gasteiger partial charge in [-0.05, 0) is 6.92 Å². The number of nitrogens with zero attached hydrogens (tertiary/aromatic N) is 4. The van der Waals surface area contributed by atoms with E-state index in [9.17, 15) is 0 Å². The second kappa shape index (κ2) is 7.58. The van der Waals surface area contributed by atoms with Crippen molar-refractivity contribution in [1.29, 1.82) is 0 Å². The molecule has 2 aromatic heterocycles. The Labute approximate surface area is 156 Å². The number of hydrogen-bond donors (Lipinski definition) is 0. The summed E-state index contributed by atoms with van der Waals surface area (Å²) in [5.74, 6) is 2.35. The molecule has 2 aromatic carbocycles. The van der Waals surface area contributed by atoms with Gasteiger partial charge >= 0.3 is 0 Å². The predicted molar refractivity (Wildman–Crippen MR) is 103 cm³/mol. The zero-order chi connectivity index (χ0) is 17.8. The summed E-state index contributed by atoms with van der Waals surface area (Å²) in [5, 5.41) is 13.8. The predicted octanol–water partition coefficient (Wildman–Crippen LogP) is 4.91. The standard InChI is InChI=1S/C20H18N4OS/c1-2-24-19(16-11-7-4-8-12-16)21-22-20(24)26-14-17-13-18(25-23-17)15-9-5-3-6-10-15/h3-13H,2,14H2,1H3. The molecule has 0 amide bonds. The van der Waals surface area contributed by atoms with Crippen LogP contribution in [0.4, 0.5) is 0 Å². The Morgan fingerprint density at radius 3 is 2.31 bits per heavy atom. The van der Waals surface area contributed by atoms with Gasteiger partial charge in [-0.2, -0.15) is 0 Å². The summed E-state index contributed by atoms with van der Waals surface area (Å²) < 4.78 is 7.59. The fraction of sp³-hybridized carbons (Fsp3) is 0.150. The molecule has 0 saturated heterocycles. The van der Waals surface area contributed by atoms with Gasteiger partial charge in [0.15, 0.2) is 16.7 Å². The summed E-state index contributed by atoms with van der Waals surface area (Å²) in [6.45, 7) is 2.91. The van der Waals surface area contributed by atoms with E-state index >= 15 is 0 Å². The highest BCUT2D eigenvalue weighted by atomic mass is 32.2. The third-order valence-corrected chi connectivity index (χ3v) is 5.03. The Balaban J connectivity index is 1.50. The lowest BCUT2D eigenvalue weighted by Crippen LogP contribution is -1.99. The average molecular weight is 362 g/mol. The zero-order valence-electron chi connectivity index (χ0n) is 14.4. The summed E-state index contributed by atoms with van der Waals surface area (Å²) in [5.41, 5.74) is 2.99. The van der Waals surface area contributed by atoms with Crippen molar-refractivity contribution in [2.75, 3.05) is 0 Å². The van der Waals surface area contributed by atoms with Crippen molar-refractivity contribution in [3.8, 4) is 22.7 Å². The first-order chi connectivity index (χ1) is 12.8. The van der Waals surface area contributed by atoms with Gasteiger partial charge in [-0.25, -0.2) is 0 Å². The van der Waals surface area contributed by atoms with E-state index in [0.29, 0.717) is 5.75 Å². The van der Waals surface area contributed by atoms with Crippen LogP contribution >= 0.6 is 11.8 Å². The van der Waals surface area contributed by atoms with Crippen molar-refractivity contribution in [2.45, 2.75) is 24.4 Å². The summed E-state index contributed by atoms with van der Waals surface area (Å²) >= 11 is 1.62. The van der Waals surface area contributed by atoms with Gasteiger partial charge in [0.2, 0.25) is 0 Å². The van der Waals surface area contributed by atoms with Crippen molar-refractivity contribution in [1.82, 2.24) is 19.9 Å². The largest absolute Gasteiger partial charge is 0.356 e. The SMILES string of the molecule is CCn1c(SCc2cc(-c3ccccc3)on2)nnc1-c1ccccc1. The van der Waals surface area contributed by atoms with Gasteiger partial charge in [-0.1, -0.05) is 77.6 Å². The fourth-order valence-electron chi connectivity index (χ4n) is 2.74. The van der Waals surface area contributed by atoms with Crippen molar-refractivity contribution in [2.24, 2.45) is 0 Å². The van der Waals surface area contributed by atoms with Crippen molar-refractivity contribution in [3.05, 3.63) is 72.4 Å². The molecule has 4 aromatic rings. The van der Waals surface area contributed by atoms with Crippen LogP contribution in [-0.2, 0) is 12.3 Å². The number of benzene rings is 2. The molecule has 0 aliphatic heterocycles. The van der Waals surface area contributed by atoms with E-state index in [4.69, 9.17) is 4.52 Å². The van der Waals surface area contributed by atoms with Crippen molar-refractivity contribution in [3.63, 3.8) is 0 Å². The van der Waals surface area contributed by atoms with E-state index in [-0.39, 0.29) is 0 Å². The van der Waals surface area contributed by atoms with E-state index in [1.165, 1.54) is 0 Å². The van der Waals surface area contributed by atoms with Gasteiger partial charge in [-0.15, -0.1) is 10.2 Å². The minimum Gasteiger partial charge on any atom is -0.356 e. The number of hydrogen-bond acceptors (Lipinski definition) is 5. The van der Waals surface area contributed by atoms with Crippen molar-refractivity contribution < 1.29 is 4.52 Å². The van der Waals surface area contributed by atoms with Crippen LogP contribution in [0.5, 0.6) is 0 Å². The molecular formula is C20H18N4OS. The molecule has 0 saturated carbocycles. The Morgan fingerprint density at radius 2 is 1.62 bits per heavy atom. The minimum atomic E-state index is 0.684. The summed E-state index contributed by atoms with van der Waals surface area (Å²) in [7, 11) is 0. The highest BCUT2D eigenvalue weighted by Gasteiger charge is 2.14. The minimum absolute atomic E-state index is 0.684. The van der Waals surface area contributed by atoms with Crippen LogP contribution < -0.4 is 0 Å². The Bertz CT molecular complexity index is 979.